The SMILES string of the molecule is CCCCCCCC1(C#N)C=CC(c2ccc(-c3ccccc3)cc2)=CC1. The maximum Gasteiger partial charge on any atom is 0.0791 e. The number of unbranched alkanes of at least 4 members (excludes halogenated alkanes) is 4. The lowest BCUT2D eigenvalue weighted by molar-refractivity contribution is 0.433. The quantitative estimate of drug-likeness (QED) is 0.448. The van der Waals surface area contributed by atoms with E-state index in [1.54, 1.807) is 0 Å². The zero-order valence-electron chi connectivity index (χ0n) is 16.3. The molecule has 1 aliphatic rings. The maximum absolute atomic E-state index is 9.73. The van der Waals surface area contributed by atoms with Gasteiger partial charge >= 0.3 is 0 Å². The third kappa shape index (κ3) is 4.98. The van der Waals surface area contributed by atoms with Gasteiger partial charge in [0.2, 0.25) is 0 Å². The molecule has 1 heteroatoms. The number of nitriles is 1. The molecule has 2 aromatic rings. The molecule has 2 aromatic carbocycles. The van der Waals surface area contributed by atoms with Crippen LogP contribution >= 0.6 is 0 Å². The summed E-state index contributed by atoms with van der Waals surface area (Å²) in [7, 11) is 0. The molecule has 3 rings (SSSR count). The van der Waals surface area contributed by atoms with E-state index in [2.05, 4.69) is 79.8 Å². The lowest BCUT2D eigenvalue weighted by Crippen LogP contribution is -2.17. The summed E-state index contributed by atoms with van der Waals surface area (Å²) in [5.41, 5.74) is 4.62. The minimum absolute atomic E-state index is 0.306. The van der Waals surface area contributed by atoms with Gasteiger partial charge in [0.1, 0.15) is 0 Å². The van der Waals surface area contributed by atoms with Crippen LogP contribution in [0, 0.1) is 16.7 Å². The van der Waals surface area contributed by atoms with Gasteiger partial charge in [0.15, 0.2) is 0 Å². The highest BCUT2D eigenvalue weighted by atomic mass is 14.4. The van der Waals surface area contributed by atoms with Gasteiger partial charge in [-0.1, -0.05) is 112 Å². The third-order valence-electron chi connectivity index (χ3n) is 5.54. The number of rotatable bonds is 8. The Balaban J connectivity index is 1.63. The lowest BCUT2D eigenvalue weighted by Gasteiger charge is -2.25. The van der Waals surface area contributed by atoms with Gasteiger partial charge in [-0.3, -0.25) is 0 Å². The molecule has 1 atom stereocenters. The summed E-state index contributed by atoms with van der Waals surface area (Å²) in [5.74, 6) is 0. The van der Waals surface area contributed by atoms with Crippen molar-refractivity contribution in [1.29, 1.82) is 5.26 Å². The highest BCUT2D eigenvalue weighted by Gasteiger charge is 2.27. The molecule has 138 valence electrons. The average molecular weight is 356 g/mol. The Morgan fingerprint density at radius 2 is 1.52 bits per heavy atom. The van der Waals surface area contributed by atoms with Crippen LogP contribution in [0.4, 0.5) is 0 Å². The van der Waals surface area contributed by atoms with Gasteiger partial charge in [-0.05, 0) is 35.1 Å². The van der Waals surface area contributed by atoms with Crippen LogP contribution in [-0.4, -0.2) is 0 Å². The van der Waals surface area contributed by atoms with Gasteiger partial charge in [-0.25, -0.2) is 0 Å². The van der Waals surface area contributed by atoms with Crippen molar-refractivity contribution < 1.29 is 0 Å². The van der Waals surface area contributed by atoms with E-state index < -0.39 is 0 Å². The third-order valence-corrected chi connectivity index (χ3v) is 5.54. The van der Waals surface area contributed by atoms with E-state index in [-0.39, 0.29) is 5.41 Å². The highest BCUT2D eigenvalue weighted by molar-refractivity contribution is 5.77. The zero-order valence-corrected chi connectivity index (χ0v) is 16.3. The molecule has 1 unspecified atom stereocenters. The standard InChI is InChI=1S/C26H29N/c1-2-3-4-5-9-18-26(21-27)19-16-25(17-20-26)24-14-12-23(13-15-24)22-10-7-6-8-11-22/h6-8,10-17,19H,2-5,9,18,20H2,1H3. The first-order valence-electron chi connectivity index (χ1n) is 10.2. The van der Waals surface area contributed by atoms with Crippen molar-refractivity contribution in [3.05, 3.63) is 78.4 Å². The maximum atomic E-state index is 9.73. The molecule has 0 aliphatic heterocycles. The fourth-order valence-electron chi connectivity index (χ4n) is 3.75. The van der Waals surface area contributed by atoms with Gasteiger partial charge in [0, 0.05) is 0 Å². The Labute approximate surface area is 164 Å². The van der Waals surface area contributed by atoms with Crippen molar-refractivity contribution in [2.75, 3.05) is 0 Å². The molecule has 0 amide bonds. The predicted molar refractivity (Wildman–Crippen MR) is 115 cm³/mol. The minimum atomic E-state index is -0.306. The van der Waals surface area contributed by atoms with Crippen molar-refractivity contribution >= 4 is 5.57 Å². The Morgan fingerprint density at radius 3 is 2.15 bits per heavy atom. The molecule has 0 saturated heterocycles. The van der Waals surface area contributed by atoms with Gasteiger partial charge in [0.25, 0.3) is 0 Å². The predicted octanol–water partition coefficient (Wildman–Crippen LogP) is 7.57. The number of nitrogens with zero attached hydrogens (tertiary/aromatic N) is 1. The fraction of sp³-hybridized carbons (Fsp3) is 0.346. The number of hydrogen-bond donors (Lipinski definition) is 0. The Hall–Kier alpha value is -2.59. The van der Waals surface area contributed by atoms with E-state index in [1.165, 1.54) is 47.9 Å². The molecule has 1 aliphatic carbocycles. The van der Waals surface area contributed by atoms with Gasteiger partial charge < -0.3 is 0 Å². The van der Waals surface area contributed by atoms with E-state index >= 15 is 0 Å². The first-order valence-corrected chi connectivity index (χ1v) is 10.2. The normalized spacial score (nSPS) is 18.7. The second kappa shape index (κ2) is 9.38. The van der Waals surface area contributed by atoms with E-state index in [0.29, 0.717) is 0 Å². The molecule has 27 heavy (non-hydrogen) atoms. The van der Waals surface area contributed by atoms with Crippen molar-refractivity contribution in [3.8, 4) is 17.2 Å². The summed E-state index contributed by atoms with van der Waals surface area (Å²) in [6, 6.07) is 21.8. The fourth-order valence-corrected chi connectivity index (χ4v) is 3.75. The second-order valence-electron chi connectivity index (χ2n) is 7.57. The summed E-state index contributed by atoms with van der Waals surface area (Å²) >= 11 is 0. The van der Waals surface area contributed by atoms with Gasteiger partial charge in [-0.2, -0.15) is 5.26 Å². The molecular weight excluding hydrogens is 326 g/mol. The number of benzene rings is 2. The van der Waals surface area contributed by atoms with Crippen LogP contribution in [0.1, 0.15) is 57.4 Å². The molecule has 0 fully saturated rings. The average Bonchev–Trinajstić information content (AvgIpc) is 2.75. The summed E-state index contributed by atoms with van der Waals surface area (Å²) in [6.45, 7) is 2.24. The van der Waals surface area contributed by atoms with Crippen LogP contribution in [0.3, 0.4) is 0 Å². The van der Waals surface area contributed by atoms with Crippen molar-refractivity contribution in [2.24, 2.45) is 5.41 Å². The smallest absolute Gasteiger partial charge is 0.0791 e. The van der Waals surface area contributed by atoms with Gasteiger partial charge in [0.05, 0.1) is 11.5 Å². The minimum Gasteiger partial charge on any atom is -0.197 e. The zero-order chi connectivity index (χ0) is 19.0. The molecule has 0 aromatic heterocycles. The monoisotopic (exact) mass is 355 g/mol. The van der Waals surface area contributed by atoms with Crippen molar-refractivity contribution in [3.63, 3.8) is 0 Å². The number of allylic oxidation sites excluding steroid dienone is 4. The van der Waals surface area contributed by atoms with Crippen LogP contribution in [0.25, 0.3) is 16.7 Å². The molecule has 0 heterocycles. The van der Waals surface area contributed by atoms with E-state index in [0.717, 1.165) is 19.3 Å². The molecule has 0 saturated carbocycles. The first-order chi connectivity index (χ1) is 13.3. The van der Waals surface area contributed by atoms with Crippen LogP contribution < -0.4 is 0 Å². The van der Waals surface area contributed by atoms with Crippen LogP contribution in [0.15, 0.2) is 72.8 Å². The van der Waals surface area contributed by atoms with Crippen molar-refractivity contribution in [1.82, 2.24) is 0 Å². The Morgan fingerprint density at radius 1 is 0.852 bits per heavy atom. The lowest BCUT2D eigenvalue weighted by atomic mass is 9.76. The Bertz CT molecular complexity index is 821. The second-order valence-corrected chi connectivity index (χ2v) is 7.57. The summed E-state index contributed by atoms with van der Waals surface area (Å²) in [4.78, 5) is 0. The highest BCUT2D eigenvalue weighted by Crippen LogP contribution is 2.37. The Kier molecular flexibility index (Phi) is 6.66. The molecule has 0 N–H and O–H groups in total. The van der Waals surface area contributed by atoms with E-state index in [4.69, 9.17) is 0 Å². The summed E-state index contributed by atoms with van der Waals surface area (Å²) < 4.78 is 0. The molecule has 0 spiro atoms. The summed E-state index contributed by atoms with van der Waals surface area (Å²) in [5, 5.41) is 9.73. The molecule has 0 bridgehead atoms. The topological polar surface area (TPSA) is 23.8 Å². The van der Waals surface area contributed by atoms with E-state index in [9.17, 15) is 5.26 Å². The molecular formula is C26H29N. The van der Waals surface area contributed by atoms with Crippen LogP contribution in [0.2, 0.25) is 0 Å². The largest absolute Gasteiger partial charge is 0.197 e. The van der Waals surface area contributed by atoms with Crippen molar-refractivity contribution in [2.45, 2.75) is 51.9 Å². The van der Waals surface area contributed by atoms with Crippen LogP contribution in [-0.2, 0) is 0 Å². The number of hydrogen-bond acceptors (Lipinski definition) is 1. The van der Waals surface area contributed by atoms with Crippen LogP contribution in [0.5, 0.6) is 0 Å². The molecule has 1 nitrogen and oxygen atoms in total. The van der Waals surface area contributed by atoms with E-state index in [1.807, 2.05) is 6.07 Å². The molecule has 0 radical (unpaired) electrons. The van der Waals surface area contributed by atoms with Gasteiger partial charge in [-0.15, -0.1) is 0 Å². The first kappa shape index (κ1) is 19.2. The summed E-state index contributed by atoms with van der Waals surface area (Å²) in [6.07, 6.45) is 14.6.